The molecule has 0 aliphatic heterocycles. The van der Waals surface area contributed by atoms with Gasteiger partial charge in [0.25, 0.3) is 0 Å². The normalized spacial score (nSPS) is 10.4. The van der Waals surface area contributed by atoms with Crippen LogP contribution in [0.1, 0.15) is 16.9 Å². The highest BCUT2D eigenvalue weighted by Crippen LogP contribution is 2.13. The number of carbonyl (C=O) groups is 1. The van der Waals surface area contributed by atoms with E-state index in [0.717, 1.165) is 5.75 Å². The summed E-state index contributed by atoms with van der Waals surface area (Å²) in [6, 6.07) is 15.2. The minimum absolute atomic E-state index is 0.236. The molecule has 0 radical (unpaired) electrons. The van der Waals surface area contributed by atoms with Crippen LogP contribution < -0.4 is 4.74 Å². The fourth-order valence-electron chi connectivity index (χ4n) is 2.26. The lowest BCUT2D eigenvalue weighted by atomic mass is 10.3. The van der Waals surface area contributed by atoms with Crippen LogP contribution in [0.15, 0.2) is 67.1 Å². The highest BCUT2D eigenvalue weighted by Gasteiger charge is 2.14. The zero-order valence-electron chi connectivity index (χ0n) is 13.5. The summed E-state index contributed by atoms with van der Waals surface area (Å²) in [6.07, 6.45) is 3.49. The number of esters is 1. The molecule has 0 aliphatic carbocycles. The van der Waals surface area contributed by atoms with E-state index in [1.165, 1.54) is 24.7 Å². The lowest BCUT2D eigenvalue weighted by molar-refractivity contribution is 0.0476. The second-order valence-electron chi connectivity index (χ2n) is 5.28. The molecule has 3 rings (SSSR count). The van der Waals surface area contributed by atoms with Gasteiger partial charge in [-0.1, -0.05) is 18.2 Å². The second-order valence-corrected chi connectivity index (χ2v) is 5.28. The van der Waals surface area contributed by atoms with Gasteiger partial charge >= 0.3 is 5.97 Å². The van der Waals surface area contributed by atoms with Crippen LogP contribution in [-0.4, -0.2) is 28.7 Å². The van der Waals surface area contributed by atoms with E-state index in [1.807, 2.05) is 30.3 Å². The number of imidazole rings is 1. The molecule has 0 saturated heterocycles. The molecule has 2 aromatic carbocycles. The summed E-state index contributed by atoms with van der Waals surface area (Å²) in [5, 5.41) is 0. The van der Waals surface area contributed by atoms with Crippen LogP contribution in [0, 0.1) is 5.82 Å². The molecule has 0 atom stereocenters. The summed E-state index contributed by atoms with van der Waals surface area (Å²) in [7, 11) is 0. The molecule has 0 N–H and O–H groups in total. The monoisotopic (exact) mass is 340 g/mol. The van der Waals surface area contributed by atoms with Crippen molar-refractivity contribution in [3.05, 3.63) is 78.6 Å². The van der Waals surface area contributed by atoms with Gasteiger partial charge in [-0.05, 0) is 36.4 Å². The maximum atomic E-state index is 13.0. The van der Waals surface area contributed by atoms with Gasteiger partial charge in [0.1, 0.15) is 11.6 Å². The number of nitrogens with zero attached hydrogens (tertiary/aromatic N) is 2. The number of aromatic nitrogens is 2. The van der Waals surface area contributed by atoms with Crippen LogP contribution >= 0.6 is 0 Å². The van der Waals surface area contributed by atoms with Crippen molar-refractivity contribution in [1.82, 2.24) is 9.55 Å². The molecular weight excluding hydrogens is 323 g/mol. The Morgan fingerprint density at radius 1 is 1.04 bits per heavy atom. The van der Waals surface area contributed by atoms with Gasteiger partial charge in [-0.25, -0.2) is 14.2 Å². The van der Waals surface area contributed by atoms with Gasteiger partial charge in [-0.2, -0.15) is 0 Å². The largest absolute Gasteiger partial charge is 0.493 e. The summed E-state index contributed by atoms with van der Waals surface area (Å²) < 4.78 is 25.4. The topological polar surface area (TPSA) is 53.4 Å². The van der Waals surface area contributed by atoms with Gasteiger partial charge in [-0.3, -0.25) is 4.57 Å². The highest BCUT2D eigenvalue weighted by molar-refractivity contribution is 5.88. The first-order valence-electron chi connectivity index (χ1n) is 7.87. The van der Waals surface area contributed by atoms with E-state index in [-0.39, 0.29) is 18.1 Å². The van der Waals surface area contributed by atoms with E-state index in [9.17, 15) is 9.18 Å². The van der Waals surface area contributed by atoms with Gasteiger partial charge in [0.05, 0.1) is 25.7 Å². The van der Waals surface area contributed by atoms with Gasteiger partial charge in [0, 0.05) is 12.1 Å². The molecule has 0 spiro atoms. The number of rotatable bonds is 7. The molecule has 0 fully saturated rings. The van der Waals surface area contributed by atoms with Gasteiger partial charge in [0.15, 0.2) is 5.69 Å². The molecule has 3 aromatic rings. The Labute approximate surface area is 144 Å². The average Bonchev–Trinajstić information content (AvgIpc) is 3.12. The molecule has 0 bridgehead atoms. The SMILES string of the molecule is O=C(OCCCOc1ccccc1)c1cncn1-c1ccc(F)cc1. The number of hydrogen-bond donors (Lipinski definition) is 0. The van der Waals surface area contributed by atoms with Crippen molar-refractivity contribution in [3.63, 3.8) is 0 Å². The van der Waals surface area contributed by atoms with Crippen LogP contribution in [0.5, 0.6) is 5.75 Å². The lowest BCUT2D eigenvalue weighted by Crippen LogP contribution is -2.13. The average molecular weight is 340 g/mol. The van der Waals surface area contributed by atoms with Crippen LogP contribution in [0.25, 0.3) is 5.69 Å². The highest BCUT2D eigenvalue weighted by atomic mass is 19.1. The minimum Gasteiger partial charge on any atom is -0.493 e. The van der Waals surface area contributed by atoms with Crippen molar-refractivity contribution in [2.24, 2.45) is 0 Å². The maximum absolute atomic E-state index is 13.0. The molecule has 5 nitrogen and oxygen atoms in total. The number of hydrogen-bond acceptors (Lipinski definition) is 4. The molecule has 128 valence electrons. The fraction of sp³-hybridized carbons (Fsp3) is 0.158. The standard InChI is InChI=1S/C19H17FN2O3/c20-15-7-9-16(10-8-15)22-14-21-13-18(22)19(23)25-12-4-11-24-17-5-2-1-3-6-17/h1-3,5-10,13-14H,4,11-12H2. The minimum atomic E-state index is -0.485. The molecule has 0 amide bonds. The van der Waals surface area contributed by atoms with Crippen molar-refractivity contribution in [2.45, 2.75) is 6.42 Å². The van der Waals surface area contributed by atoms with Crippen LogP contribution in [0.4, 0.5) is 4.39 Å². The third kappa shape index (κ3) is 4.44. The molecule has 25 heavy (non-hydrogen) atoms. The smallest absolute Gasteiger partial charge is 0.356 e. The summed E-state index contributed by atoms with van der Waals surface area (Å²) in [5.41, 5.74) is 0.925. The van der Waals surface area contributed by atoms with Crippen LogP contribution in [-0.2, 0) is 4.74 Å². The fourth-order valence-corrected chi connectivity index (χ4v) is 2.26. The molecule has 6 heteroatoms. The summed E-state index contributed by atoms with van der Waals surface area (Å²) in [6.45, 7) is 0.689. The number of halogens is 1. The van der Waals surface area contributed by atoms with Crippen LogP contribution in [0.2, 0.25) is 0 Å². The van der Waals surface area contributed by atoms with Crippen molar-refractivity contribution in [1.29, 1.82) is 0 Å². The van der Waals surface area contributed by atoms with Gasteiger partial charge in [-0.15, -0.1) is 0 Å². The number of ether oxygens (including phenoxy) is 2. The maximum Gasteiger partial charge on any atom is 0.356 e. The van der Waals surface area contributed by atoms with E-state index < -0.39 is 5.97 Å². The Hall–Kier alpha value is -3.15. The van der Waals surface area contributed by atoms with Crippen molar-refractivity contribution >= 4 is 5.97 Å². The first-order chi connectivity index (χ1) is 12.2. The Balaban J connectivity index is 1.50. The number of para-hydroxylation sites is 1. The second kappa shape index (κ2) is 8.10. The van der Waals surface area contributed by atoms with Crippen molar-refractivity contribution < 1.29 is 18.7 Å². The van der Waals surface area contributed by atoms with Crippen molar-refractivity contribution in [3.8, 4) is 11.4 Å². The van der Waals surface area contributed by atoms with E-state index in [0.29, 0.717) is 18.7 Å². The Bertz CT molecular complexity index is 816. The first-order valence-corrected chi connectivity index (χ1v) is 7.87. The number of carbonyl (C=O) groups excluding carboxylic acids is 1. The lowest BCUT2D eigenvalue weighted by Gasteiger charge is -2.09. The Kier molecular flexibility index (Phi) is 5.41. The van der Waals surface area contributed by atoms with Gasteiger partial charge in [0.2, 0.25) is 0 Å². The van der Waals surface area contributed by atoms with E-state index in [1.54, 1.807) is 16.7 Å². The first kappa shape index (κ1) is 16.7. The third-order valence-electron chi connectivity index (χ3n) is 3.49. The summed E-state index contributed by atoms with van der Waals surface area (Å²) >= 11 is 0. The molecule has 0 unspecified atom stereocenters. The molecular formula is C19H17FN2O3. The van der Waals surface area contributed by atoms with E-state index in [2.05, 4.69) is 4.98 Å². The van der Waals surface area contributed by atoms with Gasteiger partial charge < -0.3 is 9.47 Å². The number of benzene rings is 2. The Morgan fingerprint density at radius 3 is 2.56 bits per heavy atom. The van der Waals surface area contributed by atoms with E-state index >= 15 is 0 Å². The van der Waals surface area contributed by atoms with E-state index in [4.69, 9.17) is 9.47 Å². The predicted molar refractivity (Wildman–Crippen MR) is 90.4 cm³/mol. The predicted octanol–water partition coefficient (Wildman–Crippen LogP) is 3.64. The summed E-state index contributed by atoms with van der Waals surface area (Å²) in [5.74, 6) is -0.0452. The third-order valence-corrected chi connectivity index (χ3v) is 3.49. The zero-order valence-corrected chi connectivity index (χ0v) is 13.5. The molecule has 0 aliphatic rings. The molecule has 1 heterocycles. The molecule has 1 aromatic heterocycles. The van der Waals surface area contributed by atoms with Crippen molar-refractivity contribution in [2.75, 3.05) is 13.2 Å². The van der Waals surface area contributed by atoms with Crippen LogP contribution in [0.3, 0.4) is 0 Å². The zero-order chi connectivity index (χ0) is 17.5. The quantitative estimate of drug-likeness (QED) is 0.487. The Morgan fingerprint density at radius 2 is 1.80 bits per heavy atom. The molecule has 0 saturated carbocycles. The summed E-state index contributed by atoms with van der Waals surface area (Å²) in [4.78, 5) is 16.2.